The molecule has 1 heterocycles. The number of nitrogens with zero attached hydrogens (tertiary/aromatic N) is 1. The Bertz CT molecular complexity index is 252. The van der Waals surface area contributed by atoms with Gasteiger partial charge in [0.15, 0.2) is 0 Å². The van der Waals surface area contributed by atoms with Crippen molar-refractivity contribution >= 4 is 10.0 Å². The van der Waals surface area contributed by atoms with E-state index in [2.05, 4.69) is 9.62 Å². The number of ether oxygens (including phenoxy) is 1. The van der Waals surface area contributed by atoms with E-state index in [-0.39, 0.29) is 6.23 Å². The van der Waals surface area contributed by atoms with Gasteiger partial charge in [-0.15, -0.1) is 0 Å². The topological polar surface area (TPSA) is 58.6 Å². The van der Waals surface area contributed by atoms with Gasteiger partial charge in [0.25, 0.3) is 0 Å². The molecular formula is C7H16N2O3S. The smallest absolute Gasteiger partial charge is 0.210 e. The van der Waals surface area contributed by atoms with Crippen molar-refractivity contribution in [1.82, 2.24) is 9.62 Å². The predicted octanol–water partition coefficient (Wildman–Crippen LogP) is -0.786. The molecule has 0 saturated carbocycles. The molecule has 0 aliphatic carbocycles. The average Bonchev–Trinajstić information content (AvgIpc) is 2.01. The van der Waals surface area contributed by atoms with Crippen LogP contribution in [0.15, 0.2) is 0 Å². The summed E-state index contributed by atoms with van der Waals surface area (Å²) < 4.78 is 29.5. The van der Waals surface area contributed by atoms with Crippen molar-refractivity contribution in [2.75, 3.05) is 32.5 Å². The maximum Gasteiger partial charge on any atom is 0.210 e. The van der Waals surface area contributed by atoms with Crippen molar-refractivity contribution in [1.29, 1.82) is 0 Å². The van der Waals surface area contributed by atoms with E-state index in [1.54, 1.807) is 0 Å². The number of hydrogen-bond acceptors (Lipinski definition) is 4. The summed E-state index contributed by atoms with van der Waals surface area (Å²) in [5, 5.41) is 0. The van der Waals surface area contributed by atoms with E-state index in [1.165, 1.54) is 0 Å². The van der Waals surface area contributed by atoms with Crippen LogP contribution in [-0.4, -0.2) is 52.0 Å². The van der Waals surface area contributed by atoms with E-state index in [0.717, 1.165) is 19.3 Å². The largest absolute Gasteiger partial charge is 0.360 e. The van der Waals surface area contributed by atoms with Gasteiger partial charge in [-0.1, -0.05) is 6.92 Å². The van der Waals surface area contributed by atoms with Crippen molar-refractivity contribution in [2.45, 2.75) is 13.2 Å². The lowest BCUT2D eigenvalue weighted by Gasteiger charge is -2.31. The summed E-state index contributed by atoms with van der Waals surface area (Å²) >= 11 is 0. The lowest BCUT2D eigenvalue weighted by atomic mass is 10.4. The molecule has 78 valence electrons. The summed E-state index contributed by atoms with van der Waals surface area (Å²) in [5.41, 5.74) is 0. The first-order chi connectivity index (χ1) is 6.01. The van der Waals surface area contributed by atoms with E-state index >= 15 is 0 Å². The quantitative estimate of drug-likeness (QED) is 0.660. The van der Waals surface area contributed by atoms with Crippen LogP contribution < -0.4 is 4.72 Å². The van der Waals surface area contributed by atoms with Crippen molar-refractivity contribution in [3.05, 3.63) is 0 Å². The first-order valence-electron chi connectivity index (χ1n) is 4.32. The summed E-state index contributed by atoms with van der Waals surface area (Å²) in [6.45, 7) is 5.05. The van der Waals surface area contributed by atoms with Crippen LogP contribution in [0.2, 0.25) is 0 Å². The second kappa shape index (κ2) is 4.36. The molecule has 1 atom stereocenters. The molecule has 1 unspecified atom stereocenters. The SMILES string of the molecule is CCN1CCOC(NS(C)(=O)=O)C1. The van der Waals surface area contributed by atoms with Crippen LogP contribution in [0, 0.1) is 0 Å². The van der Waals surface area contributed by atoms with E-state index in [4.69, 9.17) is 4.74 Å². The summed E-state index contributed by atoms with van der Waals surface area (Å²) in [7, 11) is -3.16. The molecule has 0 radical (unpaired) electrons. The molecule has 13 heavy (non-hydrogen) atoms. The molecule has 5 nitrogen and oxygen atoms in total. The molecule has 1 N–H and O–H groups in total. The van der Waals surface area contributed by atoms with Gasteiger partial charge in [-0.2, -0.15) is 4.72 Å². The van der Waals surface area contributed by atoms with Crippen molar-refractivity contribution in [3.63, 3.8) is 0 Å². The van der Waals surface area contributed by atoms with Crippen LogP contribution in [0.1, 0.15) is 6.92 Å². The first-order valence-corrected chi connectivity index (χ1v) is 6.21. The first kappa shape index (κ1) is 10.9. The molecule has 6 heteroatoms. The average molecular weight is 208 g/mol. The van der Waals surface area contributed by atoms with E-state index in [0.29, 0.717) is 13.2 Å². The zero-order chi connectivity index (χ0) is 9.90. The summed E-state index contributed by atoms with van der Waals surface area (Å²) in [6.07, 6.45) is 0.755. The molecule has 0 bridgehead atoms. The Hall–Kier alpha value is -0.170. The van der Waals surface area contributed by atoms with Crippen LogP contribution >= 0.6 is 0 Å². The third-order valence-corrected chi connectivity index (χ3v) is 2.63. The molecule has 1 aliphatic rings. The van der Waals surface area contributed by atoms with Crippen LogP contribution in [0.4, 0.5) is 0 Å². The second-order valence-corrected chi connectivity index (χ2v) is 4.92. The molecule has 1 rings (SSSR count). The maximum absolute atomic E-state index is 10.9. The summed E-state index contributed by atoms with van der Waals surface area (Å²) in [4.78, 5) is 2.15. The lowest BCUT2D eigenvalue weighted by Crippen LogP contribution is -2.50. The summed E-state index contributed by atoms with van der Waals surface area (Å²) in [5.74, 6) is 0. The van der Waals surface area contributed by atoms with Crippen LogP contribution in [0.3, 0.4) is 0 Å². The van der Waals surface area contributed by atoms with Gasteiger partial charge in [0.2, 0.25) is 10.0 Å². The molecule has 1 fully saturated rings. The Balaban J connectivity index is 2.43. The van der Waals surface area contributed by atoms with Gasteiger partial charge in [-0.25, -0.2) is 8.42 Å². The molecule has 0 aromatic heterocycles. The molecule has 0 spiro atoms. The van der Waals surface area contributed by atoms with Gasteiger partial charge in [0, 0.05) is 13.1 Å². The highest BCUT2D eigenvalue weighted by atomic mass is 32.2. The van der Waals surface area contributed by atoms with E-state index in [9.17, 15) is 8.42 Å². The second-order valence-electron chi connectivity index (χ2n) is 3.14. The van der Waals surface area contributed by atoms with Gasteiger partial charge in [0.05, 0.1) is 12.9 Å². The number of morpholine rings is 1. The Morgan fingerprint density at radius 1 is 1.62 bits per heavy atom. The third-order valence-electron chi connectivity index (χ3n) is 1.94. The Labute approximate surface area is 79.1 Å². The Kier molecular flexibility index (Phi) is 3.66. The highest BCUT2D eigenvalue weighted by Gasteiger charge is 2.21. The Morgan fingerprint density at radius 3 is 2.85 bits per heavy atom. The van der Waals surface area contributed by atoms with Crippen LogP contribution in [0.5, 0.6) is 0 Å². The van der Waals surface area contributed by atoms with Crippen molar-refractivity contribution in [2.24, 2.45) is 0 Å². The van der Waals surface area contributed by atoms with E-state index < -0.39 is 10.0 Å². The fraction of sp³-hybridized carbons (Fsp3) is 1.00. The standard InChI is InChI=1S/C7H16N2O3S/c1-3-9-4-5-12-7(6-9)8-13(2,10)11/h7-8H,3-6H2,1-2H3. The van der Waals surface area contributed by atoms with Crippen molar-refractivity contribution < 1.29 is 13.2 Å². The minimum Gasteiger partial charge on any atom is -0.360 e. The van der Waals surface area contributed by atoms with Gasteiger partial charge >= 0.3 is 0 Å². The normalized spacial score (nSPS) is 26.2. The van der Waals surface area contributed by atoms with Gasteiger partial charge in [-0.05, 0) is 6.54 Å². The lowest BCUT2D eigenvalue weighted by molar-refractivity contribution is -0.0317. The van der Waals surface area contributed by atoms with Crippen LogP contribution in [0.25, 0.3) is 0 Å². The number of likely N-dealkylation sites (N-methyl/N-ethyl adjacent to an activating group) is 1. The minimum atomic E-state index is -3.16. The van der Waals surface area contributed by atoms with Gasteiger partial charge in [0.1, 0.15) is 6.23 Å². The highest BCUT2D eigenvalue weighted by Crippen LogP contribution is 2.02. The Morgan fingerprint density at radius 2 is 2.31 bits per heavy atom. The number of nitrogens with one attached hydrogen (secondary N) is 1. The molecule has 0 aromatic carbocycles. The number of hydrogen-bond donors (Lipinski definition) is 1. The fourth-order valence-electron chi connectivity index (χ4n) is 1.30. The molecule has 1 saturated heterocycles. The predicted molar refractivity (Wildman–Crippen MR) is 49.8 cm³/mol. The number of rotatable bonds is 3. The van der Waals surface area contributed by atoms with Crippen molar-refractivity contribution in [3.8, 4) is 0 Å². The molecule has 1 aliphatic heterocycles. The number of sulfonamides is 1. The zero-order valence-electron chi connectivity index (χ0n) is 7.99. The van der Waals surface area contributed by atoms with E-state index in [1.807, 2.05) is 6.92 Å². The minimum absolute atomic E-state index is 0.385. The van der Waals surface area contributed by atoms with Gasteiger partial charge < -0.3 is 4.74 Å². The molecular weight excluding hydrogens is 192 g/mol. The molecule has 0 aromatic rings. The fourth-order valence-corrected chi connectivity index (χ4v) is 1.92. The van der Waals surface area contributed by atoms with Crippen LogP contribution in [-0.2, 0) is 14.8 Å². The molecule has 0 amide bonds. The maximum atomic E-state index is 10.9. The monoisotopic (exact) mass is 208 g/mol. The third kappa shape index (κ3) is 4.04. The summed E-state index contributed by atoms with van der Waals surface area (Å²) in [6, 6.07) is 0. The van der Waals surface area contributed by atoms with Gasteiger partial charge in [-0.3, -0.25) is 4.90 Å². The zero-order valence-corrected chi connectivity index (χ0v) is 8.80. The highest BCUT2D eigenvalue weighted by molar-refractivity contribution is 7.88.